The van der Waals surface area contributed by atoms with Gasteiger partial charge in [-0.2, -0.15) is 0 Å². The van der Waals surface area contributed by atoms with Gasteiger partial charge in [-0.1, -0.05) is 0 Å². The third-order valence-electron chi connectivity index (χ3n) is 2.32. The Balaban J connectivity index is 2.24. The molecule has 2 N–H and O–H groups in total. The number of rotatable bonds is 6. The van der Waals surface area contributed by atoms with Crippen LogP contribution in [-0.4, -0.2) is 29.5 Å². The molecule has 0 aliphatic rings. The highest BCUT2D eigenvalue weighted by molar-refractivity contribution is 7.09. The van der Waals surface area contributed by atoms with Crippen LogP contribution >= 0.6 is 11.3 Å². The smallest absolute Gasteiger partial charge is 0.237 e. The predicted molar refractivity (Wildman–Crippen MR) is 71.3 cm³/mol. The fourth-order valence-electron chi connectivity index (χ4n) is 1.44. The van der Waals surface area contributed by atoms with Gasteiger partial charge >= 0.3 is 0 Å². The maximum atomic E-state index is 11.6. The number of nitrogens with zero attached hydrogens (tertiary/aromatic N) is 1. The molecule has 0 aliphatic heterocycles. The molecule has 1 amide bonds. The molecule has 0 radical (unpaired) electrons. The van der Waals surface area contributed by atoms with Gasteiger partial charge < -0.3 is 10.6 Å². The Bertz CT molecular complexity index is 362. The number of carbonyl (C=O) groups is 1. The fraction of sp³-hybridized carbons (Fsp3) is 0.667. The molecule has 1 rings (SSSR count). The second-order valence-corrected chi connectivity index (χ2v) is 5.51. The molecule has 1 aromatic rings. The van der Waals surface area contributed by atoms with E-state index in [0.717, 1.165) is 23.7 Å². The van der Waals surface area contributed by atoms with Gasteiger partial charge in [0, 0.05) is 24.4 Å². The van der Waals surface area contributed by atoms with E-state index in [9.17, 15) is 4.79 Å². The Morgan fingerprint density at radius 1 is 1.47 bits per heavy atom. The highest BCUT2D eigenvalue weighted by Gasteiger charge is 2.12. The van der Waals surface area contributed by atoms with Crippen molar-refractivity contribution in [3.8, 4) is 0 Å². The Hall–Kier alpha value is -0.940. The second-order valence-electron chi connectivity index (χ2n) is 4.45. The first-order chi connectivity index (χ1) is 7.99. The molecule has 0 spiro atoms. The zero-order valence-electron chi connectivity index (χ0n) is 10.9. The van der Waals surface area contributed by atoms with Crippen LogP contribution in [0.1, 0.15) is 31.5 Å². The normalized spacial score (nSPS) is 12.8. The lowest BCUT2D eigenvalue weighted by atomic mass is 10.2. The average Bonchev–Trinajstić information content (AvgIpc) is 2.63. The van der Waals surface area contributed by atoms with E-state index < -0.39 is 0 Å². The van der Waals surface area contributed by atoms with Gasteiger partial charge in [-0.3, -0.25) is 4.79 Å². The number of aryl methyl sites for hydroxylation is 1. The lowest BCUT2D eigenvalue weighted by Gasteiger charge is -2.15. The van der Waals surface area contributed by atoms with Crippen LogP contribution in [0.25, 0.3) is 0 Å². The molecule has 0 aliphatic carbocycles. The third kappa shape index (κ3) is 5.28. The standard InChI is InChI=1S/C12H21N3OS/c1-8(2)14-12(16)9(3)13-6-5-11-7-17-10(4)15-11/h7-9,13H,5-6H2,1-4H3,(H,14,16). The van der Waals surface area contributed by atoms with Crippen molar-refractivity contribution in [2.45, 2.75) is 46.2 Å². The van der Waals surface area contributed by atoms with Gasteiger partial charge in [0.2, 0.25) is 5.91 Å². The van der Waals surface area contributed by atoms with Crippen LogP contribution < -0.4 is 10.6 Å². The van der Waals surface area contributed by atoms with Gasteiger partial charge in [0.15, 0.2) is 0 Å². The maximum absolute atomic E-state index is 11.6. The van der Waals surface area contributed by atoms with Crippen LogP contribution in [0.15, 0.2) is 5.38 Å². The van der Waals surface area contributed by atoms with Gasteiger partial charge in [-0.05, 0) is 27.7 Å². The van der Waals surface area contributed by atoms with Crippen molar-refractivity contribution in [3.63, 3.8) is 0 Å². The Kier molecular flexibility index (Phi) is 5.58. The Morgan fingerprint density at radius 3 is 2.71 bits per heavy atom. The molecular formula is C12H21N3OS. The van der Waals surface area contributed by atoms with Gasteiger partial charge in [-0.15, -0.1) is 11.3 Å². The summed E-state index contributed by atoms with van der Waals surface area (Å²) in [6.45, 7) is 8.57. The minimum Gasteiger partial charge on any atom is -0.353 e. The molecule has 1 atom stereocenters. The van der Waals surface area contributed by atoms with Crippen LogP contribution in [0, 0.1) is 6.92 Å². The first-order valence-corrected chi connectivity index (χ1v) is 6.81. The van der Waals surface area contributed by atoms with E-state index in [2.05, 4.69) is 21.0 Å². The summed E-state index contributed by atoms with van der Waals surface area (Å²) < 4.78 is 0. The molecule has 1 unspecified atom stereocenters. The first-order valence-electron chi connectivity index (χ1n) is 5.94. The van der Waals surface area contributed by atoms with Gasteiger partial charge in [-0.25, -0.2) is 4.98 Å². The minimum atomic E-state index is -0.155. The van der Waals surface area contributed by atoms with Crippen LogP contribution in [0.3, 0.4) is 0 Å². The van der Waals surface area contributed by atoms with Gasteiger partial charge in [0.25, 0.3) is 0 Å². The number of nitrogens with one attached hydrogen (secondary N) is 2. The van der Waals surface area contributed by atoms with E-state index in [0.29, 0.717) is 0 Å². The first kappa shape index (κ1) is 14.1. The van der Waals surface area contributed by atoms with Crippen LogP contribution in [0.5, 0.6) is 0 Å². The highest BCUT2D eigenvalue weighted by Crippen LogP contribution is 2.07. The van der Waals surface area contributed by atoms with Crippen molar-refractivity contribution in [1.29, 1.82) is 0 Å². The lowest BCUT2D eigenvalue weighted by Crippen LogP contribution is -2.45. The SMILES string of the molecule is Cc1nc(CCNC(C)C(=O)NC(C)C)cs1. The molecule has 0 aromatic carbocycles. The fourth-order valence-corrected chi connectivity index (χ4v) is 2.09. The zero-order valence-corrected chi connectivity index (χ0v) is 11.7. The number of carbonyl (C=O) groups excluding carboxylic acids is 1. The molecule has 4 nitrogen and oxygen atoms in total. The Labute approximate surface area is 107 Å². The largest absolute Gasteiger partial charge is 0.353 e. The van der Waals surface area contributed by atoms with Crippen molar-refractivity contribution >= 4 is 17.2 Å². The summed E-state index contributed by atoms with van der Waals surface area (Å²) >= 11 is 1.66. The molecule has 0 saturated heterocycles. The van der Waals surface area contributed by atoms with Crippen molar-refractivity contribution in [1.82, 2.24) is 15.6 Å². The number of amides is 1. The average molecular weight is 255 g/mol. The summed E-state index contributed by atoms with van der Waals surface area (Å²) in [7, 11) is 0. The zero-order chi connectivity index (χ0) is 12.8. The van der Waals surface area contributed by atoms with Crippen LogP contribution in [-0.2, 0) is 11.2 Å². The molecule has 17 heavy (non-hydrogen) atoms. The van der Waals surface area contributed by atoms with E-state index in [1.807, 2.05) is 27.7 Å². The van der Waals surface area contributed by atoms with E-state index in [4.69, 9.17) is 0 Å². The molecule has 0 bridgehead atoms. The molecular weight excluding hydrogens is 234 g/mol. The van der Waals surface area contributed by atoms with Gasteiger partial charge in [0.05, 0.1) is 16.7 Å². The molecule has 96 valence electrons. The molecule has 0 saturated carbocycles. The summed E-state index contributed by atoms with van der Waals surface area (Å²) in [6, 6.07) is 0.0325. The number of hydrogen-bond donors (Lipinski definition) is 2. The number of thiazole rings is 1. The molecule has 1 aromatic heterocycles. The summed E-state index contributed by atoms with van der Waals surface area (Å²) in [6.07, 6.45) is 0.865. The topological polar surface area (TPSA) is 54.0 Å². The maximum Gasteiger partial charge on any atom is 0.237 e. The van der Waals surface area contributed by atoms with Crippen molar-refractivity contribution in [2.75, 3.05) is 6.54 Å². The van der Waals surface area contributed by atoms with Crippen LogP contribution in [0.2, 0.25) is 0 Å². The minimum absolute atomic E-state index is 0.0504. The molecule has 0 fully saturated rings. The van der Waals surface area contributed by atoms with Crippen molar-refractivity contribution < 1.29 is 4.79 Å². The van der Waals surface area contributed by atoms with Gasteiger partial charge in [0.1, 0.15) is 0 Å². The monoisotopic (exact) mass is 255 g/mol. The number of hydrogen-bond acceptors (Lipinski definition) is 4. The Morgan fingerprint density at radius 2 is 2.18 bits per heavy atom. The quantitative estimate of drug-likeness (QED) is 0.810. The number of aromatic nitrogens is 1. The summed E-state index contributed by atoms with van der Waals surface area (Å²) in [5.41, 5.74) is 1.09. The third-order valence-corrected chi connectivity index (χ3v) is 3.14. The second kappa shape index (κ2) is 6.71. The van der Waals surface area contributed by atoms with Crippen molar-refractivity contribution in [2.24, 2.45) is 0 Å². The van der Waals surface area contributed by atoms with E-state index in [-0.39, 0.29) is 18.0 Å². The summed E-state index contributed by atoms with van der Waals surface area (Å²) in [5.74, 6) is 0.0504. The predicted octanol–water partition coefficient (Wildman–Crippen LogP) is 1.50. The van der Waals surface area contributed by atoms with E-state index >= 15 is 0 Å². The highest BCUT2D eigenvalue weighted by atomic mass is 32.1. The molecule has 5 heteroatoms. The van der Waals surface area contributed by atoms with E-state index in [1.54, 1.807) is 11.3 Å². The van der Waals surface area contributed by atoms with Crippen LogP contribution in [0.4, 0.5) is 0 Å². The van der Waals surface area contributed by atoms with E-state index in [1.165, 1.54) is 0 Å². The molecule has 1 heterocycles. The summed E-state index contributed by atoms with van der Waals surface area (Å²) in [5, 5.41) is 9.23. The lowest BCUT2D eigenvalue weighted by molar-refractivity contribution is -0.123. The van der Waals surface area contributed by atoms with Crippen molar-refractivity contribution in [3.05, 3.63) is 16.1 Å². The summed E-state index contributed by atoms with van der Waals surface area (Å²) in [4.78, 5) is 16.0.